The summed E-state index contributed by atoms with van der Waals surface area (Å²) < 4.78 is 19.0. The predicted octanol–water partition coefficient (Wildman–Crippen LogP) is 3.58. The van der Waals surface area contributed by atoms with Gasteiger partial charge < -0.3 is 4.74 Å². The summed E-state index contributed by atoms with van der Waals surface area (Å²) in [6, 6.07) is 11.9. The summed E-state index contributed by atoms with van der Waals surface area (Å²) in [5.41, 5.74) is 2.73. The van der Waals surface area contributed by atoms with Gasteiger partial charge in [-0.3, -0.25) is 4.79 Å². The number of ketones is 1. The summed E-state index contributed by atoms with van der Waals surface area (Å²) in [5, 5.41) is 0. The summed E-state index contributed by atoms with van der Waals surface area (Å²) in [6.45, 7) is -0.139. The van der Waals surface area contributed by atoms with E-state index in [9.17, 15) is 9.18 Å². The number of rotatable bonds is 4. The van der Waals surface area contributed by atoms with Gasteiger partial charge in [-0.1, -0.05) is 18.2 Å². The molecule has 1 aliphatic carbocycles. The van der Waals surface area contributed by atoms with E-state index in [1.54, 1.807) is 12.1 Å². The lowest BCUT2D eigenvalue weighted by atomic mass is 10.1. The molecule has 0 bridgehead atoms. The highest BCUT2D eigenvalue weighted by Crippen LogP contribution is 2.26. The predicted molar refractivity (Wildman–Crippen MR) is 74.7 cm³/mol. The van der Waals surface area contributed by atoms with Crippen molar-refractivity contribution in [2.75, 3.05) is 6.61 Å². The molecule has 20 heavy (non-hydrogen) atoms. The summed E-state index contributed by atoms with van der Waals surface area (Å²) >= 11 is 0. The first-order chi connectivity index (χ1) is 9.74. The fourth-order valence-electron chi connectivity index (χ4n) is 2.55. The molecule has 2 aromatic carbocycles. The van der Waals surface area contributed by atoms with Gasteiger partial charge in [0.2, 0.25) is 5.78 Å². The summed E-state index contributed by atoms with van der Waals surface area (Å²) in [4.78, 5) is 11.9. The molecular weight excluding hydrogens is 255 g/mol. The van der Waals surface area contributed by atoms with E-state index in [4.69, 9.17) is 4.74 Å². The molecule has 0 aromatic heterocycles. The van der Waals surface area contributed by atoms with E-state index in [1.165, 1.54) is 29.7 Å². The number of ether oxygens (including phenoxy) is 1. The second kappa shape index (κ2) is 5.45. The van der Waals surface area contributed by atoms with Crippen LogP contribution in [-0.4, -0.2) is 12.4 Å². The number of carbonyl (C=O) groups excluding carboxylic acids is 1. The highest BCUT2D eigenvalue weighted by atomic mass is 19.1. The molecule has 1 aliphatic rings. The van der Waals surface area contributed by atoms with E-state index in [-0.39, 0.29) is 18.0 Å². The van der Waals surface area contributed by atoms with E-state index in [2.05, 4.69) is 0 Å². The van der Waals surface area contributed by atoms with Gasteiger partial charge in [-0.2, -0.15) is 0 Å². The Morgan fingerprint density at radius 3 is 2.75 bits per heavy atom. The molecule has 0 unspecified atom stereocenters. The third-order valence-corrected chi connectivity index (χ3v) is 3.61. The molecular formula is C17H15FO2. The highest BCUT2D eigenvalue weighted by molar-refractivity contribution is 5.97. The number of fused-ring (bicyclic) bond motifs is 1. The summed E-state index contributed by atoms with van der Waals surface area (Å²) in [7, 11) is 0. The van der Waals surface area contributed by atoms with Crippen LogP contribution in [0.25, 0.3) is 0 Å². The lowest BCUT2D eigenvalue weighted by molar-refractivity contribution is 0.0917. The minimum absolute atomic E-state index is 0.0775. The van der Waals surface area contributed by atoms with Crippen molar-refractivity contribution in [2.45, 2.75) is 19.3 Å². The Kier molecular flexibility index (Phi) is 3.50. The van der Waals surface area contributed by atoms with Crippen LogP contribution in [0.1, 0.15) is 27.9 Å². The van der Waals surface area contributed by atoms with E-state index in [0.29, 0.717) is 5.75 Å². The Labute approximate surface area is 117 Å². The van der Waals surface area contributed by atoms with Gasteiger partial charge in [0, 0.05) is 0 Å². The fraction of sp³-hybridized carbons (Fsp3) is 0.235. The van der Waals surface area contributed by atoms with Gasteiger partial charge in [-0.05, 0) is 54.7 Å². The number of aryl methyl sites for hydroxylation is 2. The van der Waals surface area contributed by atoms with Crippen molar-refractivity contribution < 1.29 is 13.9 Å². The molecule has 3 rings (SSSR count). The molecule has 102 valence electrons. The molecule has 2 aromatic rings. The third kappa shape index (κ3) is 2.57. The van der Waals surface area contributed by atoms with Crippen molar-refractivity contribution in [3.63, 3.8) is 0 Å². The average molecular weight is 270 g/mol. The number of halogens is 1. The molecule has 0 fully saturated rings. The van der Waals surface area contributed by atoms with Gasteiger partial charge in [0.15, 0.2) is 6.61 Å². The number of hydrogen-bond donors (Lipinski definition) is 0. The Hall–Kier alpha value is -2.16. The quantitative estimate of drug-likeness (QED) is 0.794. The van der Waals surface area contributed by atoms with E-state index < -0.39 is 5.82 Å². The zero-order valence-corrected chi connectivity index (χ0v) is 11.1. The standard InChI is InChI=1S/C17H15FO2/c18-16-7-2-1-6-15(16)17(19)11-20-14-9-8-12-4-3-5-13(12)10-14/h1-2,6-10H,3-5,11H2. The highest BCUT2D eigenvalue weighted by Gasteiger charge is 2.14. The van der Waals surface area contributed by atoms with Crippen LogP contribution >= 0.6 is 0 Å². The molecule has 0 amide bonds. The molecule has 0 aliphatic heterocycles. The van der Waals surface area contributed by atoms with Crippen LogP contribution < -0.4 is 4.74 Å². The first kappa shape index (κ1) is 12.9. The number of Topliss-reactive ketones (excluding diaryl/α,β-unsaturated/α-hetero) is 1. The van der Waals surface area contributed by atoms with Gasteiger partial charge in [0.05, 0.1) is 5.56 Å². The second-order valence-electron chi connectivity index (χ2n) is 4.98. The molecule has 0 heterocycles. The van der Waals surface area contributed by atoms with Gasteiger partial charge >= 0.3 is 0 Å². The Balaban J connectivity index is 1.68. The third-order valence-electron chi connectivity index (χ3n) is 3.61. The van der Waals surface area contributed by atoms with Crippen molar-refractivity contribution in [1.82, 2.24) is 0 Å². The minimum Gasteiger partial charge on any atom is -0.485 e. The Bertz CT molecular complexity index is 649. The van der Waals surface area contributed by atoms with E-state index >= 15 is 0 Å². The first-order valence-electron chi connectivity index (χ1n) is 6.76. The monoisotopic (exact) mass is 270 g/mol. The van der Waals surface area contributed by atoms with Crippen LogP contribution in [-0.2, 0) is 12.8 Å². The van der Waals surface area contributed by atoms with Crippen LogP contribution in [0.4, 0.5) is 4.39 Å². The van der Waals surface area contributed by atoms with Crippen molar-refractivity contribution in [3.05, 3.63) is 65.0 Å². The van der Waals surface area contributed by atoms with Gasteiger partial charge in [-0.25, -0.2) is 4.39 Å². The number of carbonyl (C=O) groups is 1. The largest absolute Gasteiger partial charge is 0.485 e. The SMILES string of the molecule is O=C(COc1ccc2c(c1)CCC2)c1ccccc1F. The topological polar surface area (TPSA) is 26.3 Å². The molecule has 0 saturated heterocycles. The van der Waals surface area contributed by atoms with Crippen molar-refractivity contribution >= 4 is 5.78 Å². The van der Waals surface area contributed by atoms with E-state index in [0.717, 1.165) is 12.8 Å². The second-order valence-corrected chi connectivity index (χ2v) is 4.98. The molecule has 0 N–H and O–H groups in total. The Morgan fingerprint density at radius 2 is 1.90 bits per heavy atom. The fourth-order valence-corrected chi connectivity index (χ4v) is 2.55. The lowest BCUT2D eigenvalue weighted by Gasteiger charge is -2.08. The zero-order chi connectivity index (χ0) is 13.9. The van der Waals surface area contributed by atoms with Crippen LogP contribution in [0.5, 0.6) is 5.75 Å². The smallest absolute Gasteiger partial charge is 0.203 e. The maximum atomic E-state index is 13.5. The molecule has 0 saturated carbocycles. The van der Waals surface area contributed by atoms with Gasteiger partial charge in [0.1, 0.15) is 11.6 Å². The molecule has 2 nitrogen and oxygen atoms in total. The summed E-state index contributed by atoms with van der Waals surface area (Å²) in [5.74, 6) is -0.172. The van der Waals surface area contributed by atoms with Crippen molar-refractivity contribution in [2.24, 2.45) is 0 Å². The molecule has 0 radical (unpaired) electrons. The number of hydrogen-bond acceptors (Lipinski definition) is 2. The molecule has 0 spiro atoms. The average Bonchev–Trinajstić information content (AvgIpc) is 2.92. The normalized spacial score (nSPS) is 13.1. The van der Waals surface area contributed by atoms with Crippen LogP contribution in [0, 0.1) is 5.82 Å². The first-order valence-corrected chi connectivity index (χ1v) is 6.76. The lowest BCUT2D eigenvalue weighted by Crippen LogP contribution is -2.13. The van der Waals surface area contributed by atoms with Crippen LogP contribution in [0.15, 0.2) is 42.5 Å². The van der Waals surface area contributed by atoms with Crippen molar-refractivity contribution in [1.29, 1.82) is 0 Å². The van der Waals surface area contributed by atoms with E-state index in [1.807, 2.05) is 18.2 Å². The zero-order valence-electron chi connectivity index (χ0n) is 11.1. The minimum atomic E-state index is -0.505. The molecule has 3 heteroatoms. The van der Waals surface area contributed by atoms with Crippen LogP contribution in [0.2, 0.25) is 0 Å². The molecule has 0 atom stereocenters. The maximum absolute atomic E-state index is 13.5. The van der Waals surface area contributed by atoms with Gasteiger partial charge in [-0.15, -0.1) is 0 Å². The van der Waals surface area contributed by atoms with Crippen molar-refractivity contribution in [3.8, 4) is 5.75 Å². The Morgan fingerprint density at radius 1 is 1.10 bits per heavy atom. The summed E-state index contributed by atoms with van der Waals surface area (Å²) in [6.07, 6.45) is 3.35. The number of benzene rings is 2. The van der Waals surface area contributed by atoms with Gasteiger partial charge in [0.25, 0.3) is 0 Å². The van der Waals surface area contributed by atoms with Crippen LogP contribution in [0.3, 0.4) is 0 Å². The maximum Gasteiger partial charge on any atom is 0.203 e.